The third-order valence-corrected chi connectivity index (χ3v) is 4.04. The second-order valence-corrected chi connectivity index (χ2v) is 6.22. The summed E-state index contributed by atoms with van der Waals surface area (Å²) in [4.78, 5) is 0. The number of nitrogens with zero attached hydrogens (tertiary/aromatic N) is 1. The first-order chi connectivity index (χ1) is 10.1. The van der Waals surface area contributed by atoms with Crippen molar-refractivity contribution in [3.8, 4) is 0 Å². The summed E-state index contributed by atoms with van der Waals surface area (Å²) in [6.45, 7) is 2.79. The van der Waals surface area contributed by atoms with Crippen LogP contribution >= 0.6 is 27.5 Å². The Morgan fingerprint density at radius 2 is 2.00 bits per heavy atom. The van der Waals surface area contributed by atoms with Crippen molar-refractivity contribution in [3.05, 3.63) is 69.3 Å². The maximum absolute atomic E-state index is 6.04. The van der Waals surface area contributed by atoms with Gasteiger partial charge in [0, 0.05) is 20.8 Å². The Bertz CT molecular complexity index is 699. The van der Waals surface area contributed by atoms with E-state index in [0.29, 0.717) is 6.67 Å². The van der Waals surface area contributed by atoms with Gasteiger partial charge in [-0.2, -0.15) is 0 Å². The Morgan fingerprint density at radius 1 is 1.19 bits per heavy atom. The Labute approximate surface area is 137 Å². The van der Waals surface area contributed by atoms with E-state index in [2.05, 4.69) is 50.7 Å². The summed E-state index contributed by atoms with van der Waals surface area (Å²) in [5.74, 6) is 0. The molecular weight excluding hydrogens is 350 g/mol. The SMILES string of the molecule is CC1=C(c2cccc(Br)c2)N(Nc2cccc(Cl)c2)CN1. The van der Waals surface area contributed by atoms with Gasteiger partial charge < -0.3 is 5.32 Å². The molecule has 0 bridgehead atoms. The van der Waals surface area contributed by atoms with Gasteiger partial charge in [0.1, 0.15) is 6.67 Å². The van der Waals surface area contributed by atoms with Crippen LogP contribution < -0.4 is 10.7 Å². The molecule has 0 radical (unpaired) electrons. The van der Waals surface area contributed by atoms with Gasteiger partial charge in [-0.05, 0) is 37.3 Å². The highest BCUT2D eigenvalue weighted by Crippen LogP contribution is 2.28. The molecule has 0 spiro atoms. The van der Waals surface area contributed by atoms with Gasteiger partial charge in [-0.3, -0.25) is 10.4 Å². The largest absolute Gasteiger partial charge is 0.368 e. The zero-order valence-electron chi connectivity index (χ0n) is 11.5. The zero-order chi connectivity index (χ0) is 14.8. The second-order valence-electron chi connectivity index (χ2n) is 4.87. The normalized spacial score (nSPS) is 14.3. The van der Waals surface area contributed by atoms with Crippen molar-refractivity contribution in [1.29, 1.82) is 0 Å². The van der Waals surface area contributed by atoms with Crippen molar-refractivity contribution in [2.75, 3.05) is 12.1 Å². The molecule has 0 atom stereocenters. The molecule has 0 amide bonds. The van der Waals surface area contributed by atoms with E-state index in [-0.39, 0.29) is 0 Å². The number of hydrogen-bond acceptors (Lipinski definition) is 3. The molecule has 0 aromatic heterocycles. The lowest BCUT2D eigenvalue weighted by molar-refractivity contribution is 0.483. The Hall–Kier alpha value is -1.65. The fourth-order valence-electron chi connectivity index (χ4n) is 2.38. The molecule has 2 aromatic carbocycles. The molecule has 3 rings (SSSR count). The number of nitrogens with one attached hydrogen (secondary N) is 2. The summed E-state index contributed by atoms with van der Waals surface area (Å²) >= 11 is 9.57. The molecule has 0 unspecified atom stereocenters. The van der Waals surface area contributed by atoms with E-state index in [1.54, 1.807) is 0 Å². The zero-order valence-corrected chi connectivity index (χ0v) is 13.9. The van der Waals surface area contributed by atoms with Gasteiger partial charge in [-0.1, -0.05) is 45.7 Å². The number of hydrazine groups is 1. The van der Waals surface area contributed by atoms with Crippen LogP contribution in [0.3, 0.4) is 0 Å². The number of allylic oxidation sites excluding steroid dienone is 1. The summed E-state index contributed by atoms with van der Waals surface area (Å²) in [5.41, 5.74) is 7.79. The smallest absolute Gasteiger partial charge is 0.108 e. The van der Waals surface area contributed by atoms with Crippen LogP contribution in [-0.4, -0.2) is 11.7 Å². The minimum Gasteiger partial charge on any atom is -0.368 e. The first kappa shape index (κ1) is 14.3. The van der Waals surface area contributed by atoms with E-state index in [4.69, 9.17) is 11.6 Å². The van der Waals surface area contributed by atoms with Crippen LogP contribution in [0.25, 0.3) is 5.70 Å². The van der Waals surface area contributed by atoms with E-state index in [0.717, 1.165) is 32.1 Å². The predicted molar refractivity (Wildman–Crippen MR) is 91.7 cm³/mol. The van der Waals surface area contributed by atoms with Crippen molar-refractivity contribution >= 4 is 38.9 Å². The van der Waals surface area contributed by atoms with Gasteiger partial charge in [0.25, 0.3) is 0 Å². The molecule has 0 fully saturated rings. The van der Waals surface area contributed by atoms with Crippen molar-refractivity contribution in [3.63, 3.8) is 0 Å². The monoisotopic (exact) mass is 363 g/mol. The number of anilines is 1. The molecule has 0 saturated heterocycles. The Kier molecular flexibility index (Phi) is 4.08. The number of benzene rings is 2. The molecular formula is C16H15BrClN3. The van der Waals surface area contributed by atoms with Crippen LogP contribution in [0.2, 0.25) is 5.02 Å². The summed E-state index contributed by atoms with van der Waals surface area (Å²) in [6, 6.07) is 16.0. The maximum Gasteiger partial charge on any atom is 0.108 e. The third kappa shape index (κ3) is 3.17. The predicted octanol–water partition coefficient (Wildman–Crippen LogP) is 4.68. The Morgan fingerprint density at radius 3 is 2.76 bits per heavy atom. The van der Waals surface area contributed by atoms with E-state index in [1.807, 2.05) is 36.4 Å². The van der Waals surface area contributed by atoms with Crippen LogP contribution in [0.5, 0.6) is 0 Å². The van der Waals surface area contributed by atoms with E-state index in [1.165, 1.54) is 0 Å². The Balaban J connectivity index is 1.89. The van der Waals surface area contributed by atoms with E-state index in [9.17, 15) is 0 Å². The molecule has 21 heavy (non-hydrogen) atoms. The highest BCUT2D eigenvalue weighted by molar-refractivity contribution is 9.10. The highest BCUT2D eigenvalue weighted by Gasteiger charge is 2.21. The van der Waals surface area contributed by atoms with Crippen molar-refractivity contribution < 1.29 is 0 Å². The minimum absolute atomic E-state index is 0.709. The van der Waals surface area contributed by atoms with E-state index >= 15 is 0 Å². The van der Waals surface area contributed by atoms with Crippen molar-refractivity contribution in [2.24, 2.45) is 0 Å². The standard InChI is InChI=1S/C16H15BrClN3/c1-11-16(12-4-2-5-13(17)8-12)21(10-19-11)20-15-7-3-6-14(18)9-15/h2-9,19-20H,10H2,1H3. The highest BCUT2D eigenvalue weighted by atomic mass is 79.9. The number of rotatable bonds is 3. The minimum atomic E-state index is 0.709. The number of hydrogen-bond donors (Lipinski definition) is 2. The van der Waals surface area contributed by atoms with Crippen LogP contribution in [-0.2, 0) is 0 Å². The van der Waals surface area contributed by atoms with Gasteiger partial charge >= 0.3 is 0 Å². The van der Waals surface area contributed by atoms with Crippen LogP contribution in [0.4, 0.5) is 5.69 Å². The quantitative estimate of drug-likeness (QED) is 0.828. The van der Waals surface area contributed by atoms with Crippen molar-refractivity contribution in [2.45, 2.75) is 6.92 Å². The average Bonchev–Trinajstić information content (AvgIpc) is 2.80. The fraction of sp³-hybridized carbons (Fsp3) is 0.125. The molecule has 3 nitrogen and oxygen atoms in total. The maximum atomic E-state index is 6.04. The lowest BCUT2D eigenvalue weighted by Crippen LogP contribution is -2.29. The molecule has 108 valence electrons. The summed E-state index contributed by atoms with van der Waals surface area (Å²) in [6.07, 6.45) is 0. The van der Waals surface area contributed by atoms with Crippen LogP contribution in [0, 0.1) is 0 Å². The molecule has 1 aliphatic heterocycles. The van der Waals surface area contributed by atoms with Gasteiger partial charge in [-0.25, -0.2) is 0 Å². The van der Waals surface area contributed by atoms with Gasteiger partial charge in [0.15, 0.2) is 0 Å². The summed E-state index contributed by atoms with van der Waals surface area (Å²) < 4.78 is 1.06. The summed E-state index contributed by atoms with van der Waals surface area (Å²) in [5, 5.41) is 6.17. The summed E-state index contributed by atoms with van der Waals surface area (Å²) in [7, 11) is 0. The van der Waals surface area contributed by atoms with Crippen LogP contribution in [0.15, 0.2) is 58.7 Å². The van der Waals surface area contributed by atoms with Gasteiger partial charge in [0.05, 0.1) is 11.4 Å². The van der Waals surface area contributed by atoms with Crippen LogP contribution in [0.1, 0.15) is 12.5 Å². The molecule has 1 heterocycles. The molecule has 0 saturated carbocycles. The topological polar surface area (TPSA) is 27.3 Å². The molecule has 5 heteroatoms. The lowest BCUT2D eigenvalue weighted by atomic mass is 10.1. The number of halogens is 2. The first-order valence-corrected chi connectivity index (χ1v) is 7.81. The second kappa shape index (κ2) is 6.00. The molecule has 2 N–H and O–H groups in total. The fourth-order valence-corrected chi connectivity index (χ4v) is 2.97. The molecule has 0 aliphatic carbocycles. The van der Waals surface area contributed by atoms with E-state index < -0.39 is 0 Å². The molecule has 1 aliphatic rings. The average molecular weight is 365 g/mol. The van der Waals surface area contributed by atoms with Gasteiger partial charge in [0.2, 0.25) is 0 Å². The molecule has 2 aromatic rings. The van der Waals surface area contributed by atoms with Crippen molar-refractivity contribution in [1.82, 2.24) is 10.3 Å². The first-order valence-electron chi connectivity index (χ1n) is 6.64. The third-order valence-electron chi connectivity index (χ3n) is 3.31. The lowest BCUT2D eigenvalue weighted by Gasteiger charge is -2.23. The van der Waals surface area contributed by atoms with Gasteiger partial charge in [-0.15, -0.1) is 0 Å².